The van der Waals surface area contributed by atoms with E-state index in [-0.39, 0.29) is 35.2 Å². The zero-order valence-electron chi connectivity index (χ0n) is 22.9. The number of amides is 3. The van der Waals surface area contributed by atoms with Crippen LogP contribution in [0.4, 0.5) is 4.39 Å². The molecule has 42 heavy (non-hydrogen) atoms. The molecule has 0 spiro atoms. The van der Waals surface area contributed by atoms with Crippen molar-refractivity contribution in [2.75, 3.05) is 26.8 Å². The summed E-state index contributed by atoms with van der Waals surface area (Å²) >= 11 is 0. The molecule has 0 unspecified atom stereocenters. The van der Waals surface area contributed by atoms with Crippen molar-refractivity contribution in [3.63, 3.8) is 0 Å². The average molecular weight is 596 g/mol. The third-order valence-corrected chi connectivity index (χ3v) is 9.10. The van der Waals surface area contributed by atoms with Gasteiger partial charge in [-0.05, 0) is 48.7 Å². The maximum absolute atomic E-state index is 15.3. The predicted octanol–water partition coefficient (Wildman–Crippen LogP) is 3.04. The zero-order valence-corrected chi connectivity index (χ0v) is 23.7. The van der Waals surface area contributed by atoms with Crippen LogP contribution in [-0.4, -0.2) is 68.3 Å². The molecule has 0 radical (unpaired) electrons. The van der Waals surface area contributed by atoms with E-state index in [0.29, 0.717) is 22.2 Å². The quantitative estimate of drug-likeness (QED) is 0.382. The van der Waals surface area contributed by atoms with Gasteiger partial charge in [0.1, 0.15) is 29.0 Å². The number of carbonyl (C=O) groups is 3. The van der Waals surface area contributed by atoms with E-state index < -0.39 is 46.1 Å². The fourth-order valence-corrected chi connectivity index (χ4v) is 6.63. The van der Waals surface area contributed by atoms with Crippen molar-refractivity contribution in [3.05, 3.63) is 95.3 Å². The van der Waals surface area contributed by atoms with Crippen molar-refractivity contribution in [2.24, 2.45) is 0 Å². The lowest BCUT2D eigenvalue weighted by atomic mass is 10.0. The molecule has 2 heterocycles. The number of nitrogens with one attached hydrogen (secondary N) is 1. The van der Waals surface area contributed by atoms with Gasteiger partial charge in [0, 0.05) is 25.3 Å². The van der Waals surface area contributed by atoms with Crippen molar-refractivity contribution in [1.29, 1.82) is 0 Å². The number of rotatable bonds is 10. The van der Waals surface area contributed by atoms with Gasteiger partial charge in [-0.2, -0.15) is 0 Å². The molecule has 2 aliphatic heterocycles. The molecule has 0 aromatic heterocycles. The van der Waals surface area contributed by atoms with Crippen molar-refractivity contribution in [3.8, 4) is 5.75 Å². The number of benzene rings is 3. The lowest BCUT2D eigenvalue weighted by molar-refractivity contribution is -0.141. The van der Waals surface area contributed by atoms with E-state index in [2.05, 4.69) is 5.32 Å². The number of hydrogen-bond donors (Lipinski definition) is 1. The van der Waals surface area contributed by atoms with Gasteiger partial charge < -0.3 is 19.7 Å². The Morgan fingerprint density at radius 2 is 1.81 bits per heavy atom. The van der Waals surface area contributed by atoms with Crippen LogP contribution < -0.4 is 10.1 Å². The summed E-state index contributed by atoms with van der Waals surface area (Å²) in [5, 5.41) is 2.78. The van der Waals surface area contributed by atoms with E-state index in [4.69, 9.17) is 9.47 Å². The molecule has 2 atom stereocenters. The van der Waals surface area contributed by atoms with Gasteiger partial charge in [0.2, 0.25) is 11.8 Å². The largest absolute Gasteiger partial charge is 0.497 e. The molecular formula is C30H30FN3O7S. The fourth-order valence-electron chi connectivity index (χ4n) is 5.12. The first-order chi connectivity index (χ1) is 20.2. The first-order valence-corrected chi connectivity index (χ1v) is 14.9. The summed E-state index contributed by atoms with van der Waals surface area (Å²) in [6.45, 7) is -0.344. The second-order valence-electron chi connectivity index (χ2n) is 9.99. The number of halogens is 1. The molecule has 0 saturated carbocycles. The summed E-state index contributed by atoms with van der Waals surface area (Å²) in [6.07, 6.45) is 1.38. The lowest BCUT2D eigenvalue weighted by Crippen LogP contribution is -2.49. The minimum Gasteiger partial charge on any atom is -0.497 e. The fraction of sp³-hybridized carbons (Fsp3) is 0.300. The van der Waals surface area contributed by atoms with Crippen molar-refractivity contribution < 1.29 is 36.7 Å². The summed E-state index contributed by atoms with van der Waals surface area (Å²) in [5.41, 5.74) is 0.436. The predicted molar refractivity (Wildman–Crippen MR) is 149 cm³/mol. The van der Waals surface area contributed by atoms with Gasteiger partial charge in [-0.3, -0.25) is 14.4 Å². The molecule has 1 saturated heterocycles. The third kappa shape index (κ3) is 5.86. The molecule has 12 heteroatoms. The molecule has 1 fully saturated rings. The highest BCUT2D eigenvalue weighted by Crippen LogP contribution is 2.32. The summed E-state index contributed by atoms with van der Waals surface area (Å²) < 4.78 is 53.0. The number of carbonyl (C=O) groups excluding carboxylic acids is 3. The number of ether oxygens (including phenoxy) is 2. The summed E-state index contributed by atoms with van der Waals surface area (Å²) in [7, 11) is -2.81. The Labute approximate surface area is 243 Å². The molecular weight excluding hydrogens is 565 g/mol. The van der Waals surface area contributed by atoms with E-state index in [1.54, 1.807) is 30.3 Å². The van der Waals surface area contributed by atoms with E-state index in [1.165, 1.54) is 49.6 Å². The Hall–Kier alpha value is -4.29. The Bertz CT molecular complexity index is 1590. The van der Waals surface area contributed by atoms with Crippen LogP contribution in [0.25, 0.3) is 0 Å². The number of sulfonamides is 1. The maximum atomic E-state index is 15.3. The maximum Gasteiger partial charge on any atom is 0.269 e. The highest BCUT2D eigenvalue weighted by Gasteiger charge is 2.44. The standard InChI is InChI=1S/C30H30FN3O7S/c1-40-21-14-12-20(13-15-21)18-33(27(35)19-34-30(37)24-9-3-5-11-26(24)42(34,38)39)28(23-8-2-4-10-25(23)31)29(36)32-17-22-7-6-16-41-22/h2-5,8-15,22,28H,6-7,16-19H2,1H3,(H,32,36)/t22-,28-/m1/s1. The van der Waals surface area contributed by atoms with Crippen LogP contribution in [0.15, 0.2) is 77.7 Å². The van der Waals surface area contributed by atoms with Crippen LogP contribution in [0.3, 0.4) is 0 Å². The van der Waals surface area contributed by atoms with E-state index in [9.17, 15) is 22.8 Å². The van der Waals surface area contributed by atoms with Crippen LogP contribution >= 0.6 is 0 Å². The van der Waals surface area contributed by atoms with Gasteiger partial charge in [-0.25, -0.2) is 17.1 Å². The summed E-state index contributed by atoms with van der Waals surface area (Å²) in [5.74, 6) is -2.55. The van der Waals surface area contributed by atoms with Gasteiger partial charge in [-0.15, -0.1) is 0 Å². The molecule has 3 aromatic rings. The van der Waals surface area contributed by atoms with E-state index in [1.807, 2.05) is 0 Å². The van der Waals surface area contributed by atoms with Gasteiger partial charge in [-0.1, -0.05) is 42.5 Å². The van der Waals surface area contributed by atoms with Crippen LogP contribution in [-0.2, 0) is 30.9 Å². The SMILES string of the molecule is COc1ccc(CN(C(=O)CN2C(=O)c3ccccc3S2(=O)=O)[C@@H](C(=O)NC[C@H]2CCCO2)c2ccccc2F)cc1. The third-order valence-electron chi connectivity index (χ3n) is 7.31. The molecule has 5 rings (SSSR count). The monoisotopic (exact) mass is 595 g/mol. The minimum absolute atomic E-state index is 0.0491. The topological polar surface area (TPSA) is 122 Å². The smallest absolute Gasteiger partial charge is 0.269 e. The zero-order chi connectivity index (χ0) is 29.9. The summed E-state index contributed by atoms with van der Waals surface area (Å²) in [4.78, 5) is 41.7. The molecule has 3 amide bonds. The molecule has 0 bridgehead atoms. The first kappa shape index (κ1) is 29.2. The highest BCUT2D eigenvalue weighted by atomic mass is 32.2. The lowest BCUT2D eigenvalue weighted by Gasteiger charge is -2.33. The van der Waals surface area contributed by atoms with Crippen LogP contribution in [0.5, 0.6) is 5.75 Å². The second kappa shape index (κ2) is 12.3. The highest BCUT2D eigenvalue weighted by molar-refractivity contribution is 7.90. The van der Waals surface area contributed by atoms with E-state index in [0.717, 1.165) is 17.7 Å². The first-order valence-electron chi connectivity index (χ1n) is 13.4. The number of hydrogen-bond acceptors (Lipinski definition) is 7. The van der Waals surface area contributed by atoms with Crippen LogP contribution in [0.1, 0.15) is 40.4 Å². The van der Waals surface area contributed by atoms with Crippen molar-refractivity contribution in [1.82, 2.24) is 14.5 Å². The molecule has 2 aliphatic rings. The molecule has 0 aliphatic carbocycles. The van der Waals surface area contributed by atoms with Gasteiger partial charge in [0.25, 0.3) is 15.9 Å². The second-order valence-corrected chi connectivity index (χ2v) is 11.8. The van der Waals surface area contributed by atoms with E-state index >= 15 is 4.39 Å². The van der Waals surface area contributed by atoms with Crippen LogP contribution in [0.2, 0.25) is 0 Å². The molecule has 220 valence electrons. The van der Waals surface area contributed by atoms with Gasteiger partial charge >= 0.3 is 0 Å². The molecule has 10 nitrogen and oxygen atoms in total. The molecule has 1 N–H and O–H groups in total. The Balaban J connectivity index is 1.52. The average Bonchev–Trinajstić information content (AvgIpc) is 3.58. The number of methoxy groups -OCH3 is 1. The minimum atomic E-state index is -4.32. The van der Waals surface area contributed by atoms with Crippen molar-refractivity contribution in [2.45, 2.75) is 36.4 Å². The molecule has 3 aromatic carbocycles. The number of fused-ring (bicyclic) bond motifs is 1. The Morgan fingerprint density at radius 1 is 1.10 bits per heavy atom. The van der Waals surface area contributed by atoms with Crippen molar-refractivity contribution >= 4 is 27.7 Å². The Morgan fingerprint density at radius 3 is 2.48 bits per heavy atom. The normalized spacial score (nSPS) is 17.9. The van der Waals surface area contributed by atoms with Gasteiger partial charge in [0.15, 0.2) is 0 Å². The Kier molecular flexibility index (Phi) is 8.55. The van der Waals surface area contributed by atoms with Gasteiger partial charge in [0.05, 0.1) is 18.8 Å². The van der Waals surface area contributed by atoms with Crippen LogP contribution in [0, 0.1) is 5.82 Å². The summed E-state index contributed by atoms with van der Waals surface area (Å²) in [6, 6.07) is 16.5. The number of nitrogens with zero attached hydrogens (tertiary/aromatic N) is 2.